The number of carbonyl (C=O) groups is 1. The second-order valence-corrected chi connectivity index (χ2v) is 5.02. The van der Waals surface area contributed by atoms with Gasteiger partial charge in [-0.1, -0.05) is 29.8 Å². The average molecular weight is 289 g/mol. The van der Waals surface area contributed by atoms with E-state index in [4.69, 9.17) is 16.3 Å². The molecule has 1 unspecified atom stereocenters. The van der Waals surface area contributed by atoms with Gasteiger partial charge in [0, 0.05) is 12.6 Å². The quantitative estimate of drug-likeness (QED) is 0.883. The number of hydrogen-bond donors (Lipinski definition) is 1. The van der Waals surface area contributed by atoms with Gasteiger partial charge in [-0.05, 0) is 23.8 Å². The number of rotatable bonds is 3. The fourth-order valence-corrected chi connectivity index (χ4v) is 2.30. The van der Waals surface area contributed by atoms with E-state index < -0.39 is 0 Å². The van der Waals surface area contributed by atoms with Crippen LogP contribution in [-0.2, 0) is 6.42 Å². The van der Waals surface area contributed by atoms with Crippen LogP contribution in [0.25, 0.3) is 0 Å². The number of para-hydroxylation sites is 1. The summed E-state index contributed by atoms with van der Waals surface area (Å²) in [5.74, 6) is 0.730. The van der Waals surface area contributed by atoms with Gasteiger partial charge in [-0.25, -0.2) is 4.98 Å². The molecule has 5 heteroatoms. The van der Waals surface area contributed by atoms with Gasteiger partial charge in [0.25, 0.3) is 5.91 Å². The van der Waals surface area contributed by atoms with Crippen molar-refractivity contribution in [3.63, 3.8) is 0 Å². The van der Waals surface area contributed by atoms with Crippen LogP contribution in [0, 0.1) is 0 Å². The molecule has 0 radical (unpaired) electrons. The maximum absolute atomic E-state index is 11.9. The van der Waals surface area contributed by atoms with Gasteiger partial charge in [0.1, 0.15) is 17.0 Å². The molecule has 1 atom stereocenters. The summed E-state index contributed by atoms with van der Waals surface area (Å²) in [6.07, 6.45) is 2.26. The van der Waals surface area contributed by atoms with Crippen LogP contribution in [0.1, 0.15) is 15.9 Å². The molecule has 0 saturated heterocycles. The van der Waals surface area contributed by atoms with Gasteiger partial charge >= 0.3 is 0 Å². The number of fused-ring (bicyclic) bond motifs is 1. The van der Waals surface area contributed by atoms with E-state index in [2.05, 4.69) is 10.3 Å². The molecule has 1 aliphatic rings. The fraction of sp³-hybridized carbons (Fsp3) is 0.200. The van der Waals surface area contributed by atoms with Crippen LogP contribution in [0.5, 0.6) is 5.75 Å². The highest BCUT2D eigenvalue weighted by atomic mass is 35.5. The van der Waals surface area contributed by atoms with Crippen molar-refractivity contribution >= 4 is 17.5 Å². The Morgan fingerprint density at radius 3 is 2.95 bits per heavy atom. The van der Waals surface area contributed by atoms with Crippen LogP contribution in [0.15, 0.2) is 42.6 Å². The van der Waals surface area contributed by atoms with Gasteiger partial charge in [-0.15, -0.1) is 0 Å². The average Bonchev–Trinajstić information content (AvgIpc) is 2.88. The number of halogens is 1. The number of nitrogens with zero attached hydrogens (tertiary/aromatic N) is 1. The summed E-state index contributed by atoms with van der Waals surface area (Å²) in [7, 11) is 0. The molecule has 2 heterocycles. The molecular formula is C15H13ClN2O2. The largest absolute Gasteiger partial charge is 0.488 e. The minimum absolute atomic E-state index is 0.0170. The predicted octanol–water partition coefficient (Wildman–Crippen LogP) is 2.47. The highest BCUT2D eigenvalue weighted by Gasteiger charge is 2.22. The lowest BCUT2D eigenvalue weighted by molar-refractivity contribution is 0.0933. The number of aromatic nitrogens is 1. The van der Waals surface area contributed by atoms with E-state index in [0.29, 0.717) is 17.3 Å². The maximum atomic E-state index is 11.9. The lowest BCUT2D eigenvalue weighted by atomic mass is 10.1. The van der Waals surface area contributed by atoms with E-state index >= 15 is 0 Å². The van der Waals surface area contributed by atoms with E-state index in [9.17, 15) is 4.79 Å². The lowest BCUT2D eigenvalue weighted by Crippen LogP contribution is -2.34. The minimum atomic E-state index is -0.172. The summed E-state index contributed by atoms with van der Waals surface area (Å²) in [6.45, 7) is 0.468. The van der Waals surface area contributed by atoms with Gasteiger partial charge in [-0.2, -0.15) is 0 Å². The molecule has 102 valence electrons. The maximum Gasteiger partial charge on any atom is 0.252 e. The van der Waals surface area contributed by atoms with E-state index in [1.807, 2.05) is 24.3 Å². The van der Waals surface area contributed by atoms with Crippen LogP contribution in [0.4, 0.5) is 0 Å². The first-order chi connectivity index (χ1) is 9.72. The van der Waals surface area contributed by atoms with Gasteiger partial charge < -0.3 is 10.1 Å². The number of ether oxygens (including phenoxy) is 1. The van der Waals surface area contributed by atoms with Crippen LogP contribution < -0.4 is 10.1 Å². The van der Waals surface area contributed by atoms with Gasteiger partial charge in [0.2, 0.25) is 0 Å². The van der Waals surface area contributed by atoms with E-state index in [-0.39, 0.29) is 12.0 Å². The molecule has 1 aromatic heterocycles. The second-order valence-electron chi connectivity index (χ2n) is 4.63. The molecule has 1 aliphatic heterocycles. The molecule has 0 spiro atoms. The van der Waals surface area contributed by atoms with Crippen molar-refractivity contribution in [2.75, 3.05) is 6.54 Å². The summed E-state index contributed by atoms with van der Waals surface area (Å²) in [4.78, 5) is 15.8. The van der Waals surface area contributed by atoms with E-state index in [0.717, 1.165) is 12.2 Å². The summed E-state index contributed by atoms with van der Waals surface area (Å²) >= 11 is 5.69. The second kappa shape index (κ2) is 5.51. The first-order valence-electron chi connectivity index (χ1n) is 6.37. The normalized spacial score (nSPS) is 16.4. The summed E-state index contributed by atoms with van der Waals surface area (Å²) in [5, 5.41) is 3.22. The Bertz CT molecular complexity index is 603. The Hall–Kier alpha value is -2.07. The third-order valence-corrected chi connectivity index (χ3v) is 3.42. The van der Waals surface area contributed by atoms with Crippen molar-refractivity contribution in [2.45, 2.75) is 12.5 Å². The monoisotopic (exact) mass is 288 g/mol. The zero-order chi connectivity index (χ0) is 13.9. The van der Waals surface area contributed by atoms with Crippen molar-refractivity contribution in [1.29, 1.82) is 0 Å². The number of amides is 1. The Labute approximate surface area is 121 Å². The van der Waals surface area contributed by atoms with Crippen molar-refractivity contribution in [1.82, 2.24) is 10.3 Å². The van der Waals surface area contributed by atoms with Crippen molar-refractivity contribution < 1.29 is 9.53 Å². The Morgan fingerprint density at radius 1 is 1.35 bits per heavy atom. The molecule has 4 nitrogen and oxygen atoms in total. The van der Waals surface area contributed by atoms with Crippen molar-refractivity contribution in [3.05, 3.63) is 58.9 Å². The van der Waals surface area contributed by atoms with Crippen molar-refractivity contribution in [3.8, 4) is 5.75 Å². The summed E-state index contributed by atoms with van der Waals surface area (Å²) in [5.41, 5.74) is 1.67. The molecule has 2 aromatic rings. The predicted molar refractivity (Wildman–Crippen MR) is 76.1 cm³/mol. The zero-order valence-electron chi connectivity index (χ0n) is 10.7. The summed E-state index contributed by atoms with van der Waals surface area (Å²) in [6, 6.07) is 11.2. The SMILES string of the molecule is O=C(NCC1Cc2ccccc2O1)c1ccc(Cl)nc1. The van der Waals surface area contributed by atoms with Gasteiger partial charge in [0.05, 0.1) is 12.1 Å². The molecule has 0 bridgehead atoms. The molecule has 0 fully saturated rings. The Kier molecular flexibility index (Phi) is 3.56. The molecule has 1 amide bonds. The topological polar surface area (TPSA) is 51.2 Å². The highest BCUT2D eigenvalue weighted by Crippen LogP contribution is 2.27. The molecule has 20 heavy (non-hydrogen) atoms. The first kappa shape index (κ1) is 12.9. The smallest absolute Gasteiger partial charge is 0.252 e. The summed E-state index contributed by atoms with van der Waals surface area (Å²) < 4.78 is 5.76. The first-order valence-corrected chi connectivity index (χ1v) is 6.74. The van der Waals surface area contributed by atoms with Crippen molar-refractivity contribution in [2.24, 2.45) is 0 Å². The molecule has 0 saturated carbocycles. The third-order valence-electron chi connectivity index (χ3n) is 3.19. The molecule has 0 aliphatic carbocycles. The van der Waals surface area contributed by atoms with E-state index in [1.165, 1.54) is 11.8 Å². The number of nitrogens with one attached hydrogen (secondary N) is 1. The Balaban J connectivity index is 1.56. The number of pyridine rings is 1. The van der Waals surface area contributed by atoms with Crippen LogP contribution in [0.3, 0.4) is 0 Å². The molecular weight excluding hydrogens is 276 g/mol. The fourth-order valence-electron chi connectivity index (χ4n) is 2.19. The Morgan fingerprint density at radius 2 is 2.20 bits per heavy atom. The van der Waals surface area contributed by atoms with Gasteiger partial charge in [-0.3, -0.25) is 4.79 Å². The standard InChI is InChI=1S/C15H13ClN2O2/c16-14-6-5-11(8-17-14)15(19)18-9-12-7-10-3-1-2-4-13(10)20-12/h1-6,8,12H,7,9H2,(H,18,19). The van der Waals surface area contributed by atoms with Crippen LogP contribution in [0.2, 0.25) is 5.15 Å². The number of benzene rings is 1. The third kappa shape index (κ3) is 2.75. The van der Waals surface area contributed by atoms with Crippen LogP contribution >= 0.6 is 11.6 Å². The highest BCUT2D eigenvalue weighted by molar-refractivity contribution is 6.29. The molecule has 3 rings (SSSR count). The lowest BCUT2D eigenvalue weighted by Gasteiger charge is -2.11. The number of carbonyl (C=O) groups excluding carboxylic acids is 1. The minimum Gasteiger partial charge on any atom is -0.488 e. The van der Waals surface area contributed by atoms with Gasteiger partial charge in [0.15, 0.2) is 0 Å². The van der Waals surface area contributed by atoms with Crippen LogP contribution in [-0.4, -0.2) is 23.5 Å². The number of hydrogen-bond acceptors (Lipinski definition) is 3. The molecule has 1 aromatic carbocycles. The molecule has 1 N–H and O–H groups in total. The zero-order valence-corrected chi connectivity index (χ0v) is 11.4. The van der Waals surface area contributed by atoms with E-state index in [1.54, 1.807) is 12.1 Å².